The molecule has 1 aliphatic heterocycles. The number of Topliss-reactive ketones (excluding diaryl/α,β-unsaturated/α-hetero) is 1. The Morgan fingerprint density at radius 2 is 2.03 bits per heavy atom. The van der Waals surface area contributed by atoms with Crippen LogP contribution in [0, 0.1) is 17.0 Å². The van der Waals surface area contributed by atoms with Crippen LogP contribution in [0.2, 0.25) is 0 Å². The lowest BCUT2D eigenvalue weighted by Crippen LogP contribution is -2.35. The Morgan fingerprint density at radius 3 is 2.77 bits per heavy atom. The van der Waals surface area contributed by atoms with Gasteiger partial charge in [-0.3, -0.25) is 19.7 Å². The summed E-state index contributed by atoms with van der Waals surface area (Å²) in [7, 11) is 0. The first-order chi connectivity index (χ1) is 14.8. The minimum Gasteiger partial charge on any atom is -0.362 e. The lowest BCUT2D eigenvalue weighted by molar-refractivity contribution is -0.384. The van der Waals surface area contributed by atoms with Crippen molar-refractivity contribution < 1.29 is 14.5 Å². The summed E-state index contributed by atoms with van der Waals surface area (Å²) in [5.41, 5.74) is 3.68. The molecule has 1 aliphatic carbocycles. The Kier molecular flexibility index (Phi) is 5.37. The molecular formula is C23H22N4O4. The largest absolute Gasteiger partial charge is 0.362 e. The molecule has 1 unspecified atom stereocenters. The van der Waals surface area contributed by atoms with Crippen molar-refractivity contribution in [2.24, 2.45) is 0 Å². The third-order valence-corrected chi connectivity index (χ3v) is 5.59. The van der Waals surface area contributed by atoms with E-state index in [1.165, 1.54) is 12.1 Å². The number of allylic oxidation sites excluding steroid dienone is 3. The third-order valence-electron chi connectivity index (χ3n) is 5.59. The van der Waals surface area contributed by atoms with Crippen LogP contribution in [-0.4, -0.2) is 21.6 Å². The van der Waals surface area contributed by atoms with E-state index in [1.807, 2.05) is 13.0 Å². The van der Waals surface area contributed by atoms with Crippen LogP contribution >= 0.6 is 0 Å². The quantitative estimate of drug-likeness (QED) is 0.575. The minimum absolute atomic E-state index is 0.0447. The summed E-state index contributed by atoms with van der Waals surface area (Å²) in [4.78, 5) is 41.3. The number of carbonyl (C=O) groups is 2. The first-order valence-corrected chi connectivity index (χ1v) is 10.1. The van der Waals surface area contributed by atoms with Crippen molar-refractivity contribution in [1.82, 2.24) is 10.3 Å². The van der Waals surface area contributed by atoms with E-state index < -0.39 is 16.7 Å². The number of amides is 1. The van der Waals surface area contributed by atoms with Crippen molar-refractivity contribution in [2.75, 3.05) is 5.32 Å². The molecule has 2 N–H and O–H groups in total. The zero-order chi connectivity index (χ0) is 22.1. The molecule has 8 heteroatoms. The summed E-state index contributed by atoms with van der Waals surface area (Å²) in [6.07, 6.45) is 3.42. The van der Waals surface area contributed by atoms with Gasteiger partial charge in [-0.2, -0.15) is 0 Å². The lowest BCUT2D eigenvalue weighted by atomic mass is 9.75. The molecule has 1 amide bonds. The number of aromatic nitrogens is 1. The highest BCUT2D eigenvalue weighted by atomic mass is 16.6. The van der Waals surface area contributed by atoms with Gasteiger partial charge in [0.2, 0.25) is 0 Å². The number of nitrogens with zero attached hydrogens (tertiary/aromatic N) is 2. The number of benzene rings is 1. The molecule has 2 heterocycles. The molecule has 0 bridgehead atoms. The zero-order valence-corrected chi connectivity index (χ0v) is 17.3. The molecule has 1 atom stereocenters. The Labute approximate surface area is 179 Å². The third kappa shape index (κ3) is 3.96. The maximum absolute atomic E-state index is 13.4. The van der Waals surface area contributed by atoms with Gasteiger partial charge in [0.15, 0.2) is 5.78 Å². The molecule has 158 valence electrons. The second-order valence-electron chi connectivity index (χ2n) is 7.79. The molecule has 1 aromatic carbocycles. The van der Waals surface area contributed by atoms with Gasteiger partial charge in [0.25, 0.3) is 11.6 Å². The molecule has 2 aromatic rings. The van der Waals surface area contributed by atoms with Crippen molar-refractivity contribution in [1.29, 1.82) is 0 Å². The zero-order valence-electron chi connectivity index (χ0n) is 17.3. The van der Waals surface area contributed by atoms with E-state index in [2.05, 4.69) is 15.6 Å². The molecule has 0 radical (unpaired) electrons. The van der Waals surface area contributed by atoms with Crippen LogP contribution in [0.1, 0.15) is 43.2 Å². The first-order valence-electron chi connectivity index (χ1n) is 10.1. The summed E-state index contributed by atoms with van der Waals surface area (Å²) in [5, 5.41) is 17.4. The van der Waals surface area contributed by atoms with Crippen LogP contribution in [0.25, 0.3) is 0 Å². The summed E-state index contributed by atoms with van der Waals surface area (Å²) >= 11 is 0. The highest BCUT2D eigenvalue weighted by Gasteiger charge is 2.39. The summed E-state index contributed by atoms with van der Waals surface area (Å²) in [5.74, 6) is -0.729. The van der Waals surface area contributed by atoms with E-state index in [-0.39, 0.29) is 11.5 Å². The van der Waals surface area contributed by atoms with Crippen LogP contribution in [-0.2, 0) is 9.59 Å². The van der Waals surface area contributed by atoms with Crippen molar-refractivity contribution in [2.45, 2.75) is 39.0 Å². The van der Waals surface area contributed by atoms with Crippen molar-refractivity contribution in [3.05, 3.63) is 86.4 Å². The molecule has 0 spiro atoms. The number of rotatable bonds is 4. The predicted octanol–water partition coefficient (Wildman–Crippen LogP) is 3.90. The Bertz CT molecular complexity index is 1170. The minimum atomic E-state index is -0.686. The number of non-ortho nitro benzene ring substituents is 1. The fourth-order valence-corrected chi connectivity index (χ4v) is 4.22. The van der Waals surface area contributed by atoms with Crippen LogP contribution in [0.15, 0.2) is 65.1 Å². The number of carbonyl (C=O) groups excluding carboxylic acids is 2. The number of aryl methyl sites for hydroxylation is 1. The topological polar surface area (TPSA) is 114 Å². The van der Waals surface area contributed by atoms with Crippen molar-refractivity contribution in [3.8, 4) is 0 Å². The van der Waals surface area contributed by atoms with E-state index in [0.29, 0.717) is 41.1 Å². The van der Waals surface area contributed by atoms with E-state index in [9.17, 15) is 19.7 Å². The highest BCUT2D eigenvalue weighted by molar-refractivity contribution is 6.09. The van der Waals surface area contributed by atoms with Crippen LogP contribution < -0.4 is 10.6 Å². The second kappa shape index (κ2) is 8.14. The van der Waals surface area contributed by atoms with E-state index >= 15 is 0 Å². The van der Waals surface area contributed by atoms with Gasteiger partial charge in [0.05, 0.1) is 4.92 Å². The number of anilines is 1. The summed E-state index contributed by atoms with van der Waals surface area (Å²) in [6, 6.07) is 9.72. The van der Waals surface area contributed by atoms with E-state index in [4.69, 9.17) is 0 Å². The van der Waals surface area contributed by atoms with Crippen molar-refractivity contribution in [3.63, 3.8) is 0 Å². The molecular weight excluding hydrogens is 396 g/mol. The van der Waals surface area contributed by atoms with Crippen LogP contribution in [0.3, 0.4) is 0 Å². The van der Waals surface area contributed by atoms with Gasteiger partial charge < -0.3 is 10.6 Å². The molecule has 31 heavy (non-hydrogen) atoms. The van der Waals surface area contributed by atoms with Gasteiger partial charge in [-0.25, -0.2) is 4.98 Å². The first kappa shape index (κ1) is 20.5. The standard InChI is InChI=1S/C23H22N4O4/c1-13-9-10-24-19(11-13)26-23(29)20-14(2)25-17-7-4-8-18(28)22(17)21(20)15-5-3-6-16(12-15)27(30)31/h3,5-6,9-12,21,25H,4,7-8H2,1-2H3,(H,24,26,29). The number of ketones is 1. The number of nitro groups is 1. The number of hydrogen-bond donors (Lipinski definition) is 2. The fraction of sp³-hybridized carbons (Fsp3) is 0.261. The van der Waals surface area contributed by atoms with Gasteiger partial charge in [-0.1, -0.05) is 12.1 Å². The monoisotopic (exact) mass is 418 g/mol. The van der Waals surface area contributed by atoms with Crippen LogP contribution in [0.4, 0.5) is 11.5 Å². The molecule has 4 rings (SSSR count). The predicted molar refractivity (Wildman–Crippen MR) is 115 cm³/mol. The van der Waals surface area contributed by atoms with Gasteiger partial charge >= 0.3 is 0 Å². The molecule has 0 saturated heterocycles. The average molecular weight is 418 g/mol. The maximum Gasteiger partial charge on any atom is 0.269 e. The van der Waals surface area contributed by atoms with E-state index in [0.717, 1.165) is 17.7 Å². The Hall–Kier alpha value is -3.81. The van der Waals surface area contributed by atoms with E-state index in [1.54, 1.807) is 31.3 Å². The number of nitrogens with one attached hydrogen (secondary N) is 2. The SMILES string of the molecule is CC1=C(C(=O)Nc2cc(C)ccn2)C(c2cccc([N+](=O)[O-])c2)C2=C(CCCC2=O)N1. The van der Waals surface area contributed by atoms with Gasteiger partial charge in [0.1, 0.15) is 5.82 Å². The molecule has 8 nitrogen and oxygen atoms in total. The van der Waals surface area contributed by atoms with Crippen molar-refractivity contribution >= 4 is 23.2 Å². The summed E-state index contributed by atoms with van der Waals surface area (Å²) < 4.78 is 0. The van der Waals surface area contributed by atoms with Gasteiger partial charge in [-0.15, -0.1) is 0 Å². The molecule has 0 saturated carbocycles. The number of dihydropyridines is 1. The van der Waals surface area contributed by atoms with Gasteiger partial charge in [-0.05, 0) is 49.9 Å². The molecule has 2 aliphatic rings. The second-order valence-corrected chi connectivity index (χ2v) is 7.79. The summed E-state index contributed by atoms with van der Waals surface area (Å²) in [6.45, 7) is 3.68. The van der Waals surface area contributed by atoms with Crippen LogP contribution in [0.5, 0.6) is 0 Å². The van der Waals surface area contributed by atoms with Gasteiger partial charge in [0, 0.05) is 53.2 Å². The average Bonchev–Trinajstić information content (AvgIpc) is 2.73. The fourth-order valence-electron chi connectivity index (χ4n) is 4.22. The molecule has 1 aromatic heterocycles. The number of nitro benzene ring substituents is 1. The Balaban J connectivity index is 1.82. The number of hydrogen-bond acceptors (Lipinski definition) is 6. The molecule has 0 fully saturated rings. The Morgan fingerprint density at radius 1 is 1.23 bits per heavy atom. The lowest BCUT2D eigenvalue weighted by Gasteiger charge is -2.34. The maximum atomic E-state index is 13.4. The number of pyridine rings is 1. The highest BCUT2D eigenvalue weighted by Crippen LogP contribution is 2.43. The smallest absolute Gasteiger partial charge is 0.269 e. The normalized spacial score (nSPS) is 18.4.